The monoisotopic (exact) mass is 351 g/mol. The van der Waals surface area contributed by atoms with Crippen LogP contribution < -0.4 is 9.47 Å². The molecule has 0 unspecified atom stereocenters. The number of hydrogen-bond donors (Lipinski definition) is 0. The number of carbonyl (C=O) groups excluding carboxylic acids is 1. The average Bonchev–Trinajstić information content (AvgIpc) is 3.13. The number of esters is 1. The summed E-state index contributed by atoms with van der Waals surface area (Å²) in [4.78, 5) is 12.3. The van der Waals surface area contributed by atoms with Crippen LogP contribution in [0.25, 0.3) is 11.3 Å². The lowest BCUT2D eigenvalue weighted by Crippen LogP contribution is -2.08. The Kier molecular flexibility index (Phi) is 5.37. The van der Waals surface area contributed by atoms with Crippen LogP contribution in [0.4, 0.5) is 0 Å². The topological polar surface area (TPSA) is 61.6 Å². The molecule has 0 amide bonds. The maximum absolute atomic E-state index is 12.3. The first-order valence-corrected chi connectivity index (χ1v) is 8.59. The fraction of sp³-hybridized carbons (Fsp3) is 0.238. The predicted octanol–water partition coefficient (Wildman–Crippen LogP) is 5.08. The number of hydrogen-bond acceptors (Lipinski definition) is 5. The van der Waals surface area contributed by atoms with Crippen LogP contribution in [0.5, 0.6) is 11.5 Å². The maximum Gasteiger partial charge on any atom is 0.365 e. The van der Waals surface area contributed by atoms with Crippen molar-refractivity contribution in [2.45, 2.75) is 26.7 Å². The quantitative estimate of drug-likeness (QED) is 0.458. The summed E-state index contributed by atoms with van der Waals surface area (Å²) in [5, 5.41) is 3.81. The van der Waals surface area contributed by atoms with Gasteiger partial charge < -0.3 is 14.0 Å². The third-order valence-electron chi connectivity index (χ3n) is 3.93. The highest BCUT2D eigenvalue weighted by molar-refractivity contribution is 5.90. The molecule has 2 aromatic carbocycles. The van der Waals surface area contributed by atoms with E-state index in [4.69, 9.17) is 14.0 Å². The van der Waals surface area contributed by atoms with Crippen molar-refractivity contribution in [3.8, 4) is 22.8 Å². The van der Waals surface area contributed by atoms with Crippen LogP contribution >= 0.6 is 0 Å². The van der Waals surface area contributed by atoms with Gasteiger partial charge in [-0.25, -0.2) is 4.79 Å². The fourth-order valence-corrected chi connectivity index (χ4v) is 2.47. The Labute approximate surface area is 152 Å². The predicted molar refractivity (Wildman–Crippen MR) is 98.6 cm³/mol. The lowest BCUT2D eigenvalue weighted by Gasteiger charge is -2.06. The Morgan fingerprint density at radius 2 is 1.69 bits per heavy atom. The third-order valence-corrected chi connectivity index (χ3v) is 3.93. The standard InChI is InChI=1S/C21H21NO4/c1-4-24-17-9-7-16(8-10-17)20-13-19(22-26-20)21(23)25-18-11-5-15(6-12-18)14(2)3/h5-14H,4H2,1-3H3. The van der Waals surface area contributed by atoms with Gasteiger partial charge >= 0.3 is 5.97 Å². The van der Waals surface area contributed by atoms with Gasteiger partial charge in [0.25, 0.3) is 0 Å². The van der Waals surface area contributed by atoms with Crippen LogP contribution in [0.3, 0.4) is 0 Å². The van der Waals surface area contributed by atoms with E-state index in [1.54, 1.807) is 18.2 Å². The van der Waals surface area contributed by atoms with E-state index in [1.165, 1.54) is 5.56 Å². The van der Waals surface area contributed by atoms with Crippen molar-refractivity contribution in [2.24, 2.45) is 0 Å². The van der Waals surface area contributed by atoms with E-state index in [1.807, 2.05) is 43.3 Å². The van der Waals surface area contributed by atoms with Gasteiger partial charge in [-0.2, -0.15) is 0 Å². The Balaban J connectivity index is 1.69. The molecule has 0 atom stereocenters. The number of benzene rings is 2. The summed E-state index contributed by atoms with van der Waals surface area (Å²) >= 11 is 0. The van der Waals surface area contributed by atoms with Gasteiger partial charge in [0.1, 0.15) is 11.5 Å². The molecule has 0 saturated carbocycles. The molecule has 1 heterocycles. The van der Waals surface area contributed by atoms with E-state index in [9.17, 15) is 4.79 Å². The van der Waals surface area contributed by atoms with Crippen molar-refractivity contribution < 1.29 is 18.8 Å². The Morgan fingerprint density at radius 3 is 2.31 bits per heavy atom. The van der Waals surface area contributed by atoms with Gasteiger partial charge in [-0.3, -0.25) is 0 Å². The lowest BCUT2D eigenvalue weighted by molar-refractivity contribution is 0.0724. The van der Waals surface area contributed by atoms with Gasteiger partial charge in [0, 0.05) is 11.6 Å². The van der Waals surface area contributed by atoms with Gasteiger partial charge in [0.05, 0.1) is 6.61 Å². The molecule has 0 saturated heterocycles. The molecule has 26 heavy (non-hydrogen) atoms. The largest absolute Gasteiger partial charge is 0.494 e. The number of carbonyl (C=O) groups is 1. The number of aromatic nitrogens is 1. The SMILES string of the molecule is CCOc1ccc(-c2cc(C(=O)Oc3ccc(C(C)C)cc3)no2)cc1. The second kappa shape index (κ2) is 7.87. The van der Waals surface area contributed by atoms with Crippen LogP contribution in [0, 0.1) is 0 Å². The van der Waals surface area contributed by atoms with Gasteiger partial charge in [0.2, 0.25) is 0 Å². The van der Waals surface area contributed by atoms with Crippen LogP contribution in [0.15, 0.2) is 59.1 Å². The molecular weight excluding hydrogens is 330 g/mol. The van der Waals surface area contributed by atoms with Crippen LogP contribution in [0.2, 0.25) is 0 Å². The fourth-order valence-electron chi connectivity index (χ4n) is 2.47. The number of rotatable bonds is 6. The summed E-state index contributed by atoms with van der Waals surface area (Å²) in [5.41, 5.74) is 2.12. The summed E-state index contributed by atoms with van der Waals surface area (Å²) in [6, 6.07) is 16.4. The molecule has 0 fully saturated rings. The van der Waals surface area contributed by atoms with E-state index in [2.05, 4.69) is 19.0 Å². The molecule has 0 aliphatic rings. The Morgan fingerprint density at radius 1 is 1.04 bits per heavy atom. The smallest absolute Gasteiger partial charge is 0.365 e. The summed E-state index contributed by atoms with van der Waals surface area (Å²) in [5.74, 6) is 1.62. The van der Waals surface area contributed by atoms with Gasteiger partial charge in [-0.05, 0) is 54.8 Å². The first kappa shape index (κ1) is 17.7. The average molecular weight is 351 g/mol. The molecule has 0 radical (unpaired) electrons. The molecule has 5 heteroatoms. The molecule has 0 N–H and O–H groups in total. The summed E-state index contributed by atoms with van der Waals surface area (Å²) < 4.78 is 16.0. The van der Waals surface area contributed by atoms with Crippen LogP contribution in [-0.2, 0) is 0 Å². The first-order chi connectivity index (χ1) is 12.6. The first-order valence-electron chi connectivity index (χ1n) is 8.59. The van der Waals surface area contributed by atoms with E-state index >= 15 is 0 Å². The normalized spacial score (nSPS) is 10.8. The van der Waals surface area contributed by atoms with E-state index in [0.29, 0.717) is 24.0 Å². The molecule has 0 bridgehead atoms. The minimum atomic E-state index is -0.553. The highest BCUT2D eigenvalue weighted by atomic mass is 16.5. The highest BCUT2D eigenvalue weighted by Crippen LogP contribution is 2.24. The second-order valence-electron chi connectivity index (χ2n) is 6.15. The molecule has 0 spiro atoms. The van der Waals surface area contributed by atoms with Crippen LogP contribution in [-0.4, -0.2) is 17.7 Å². The molecular formula is C21H21NO4. The highest BCUT2D eigenvalue weighted by Gasteiger charge is 2.16. The zero-order chi connectivity index (χ0) is 18.5. The molecule has 1 aromatic heterocycles. The van der Waals surface area contributed by atoms with Gasteiger partial charge in [0.15, 0.2) is 11.5 Å². The van der Waals surface area contributed by atoms with E-state index in [-0.39, 0.29) is 5.69 Å². The van der Waals surface area contributed by atoms with Crippen molar-refractivity contribution >= 4 is 5.97 Å². The molecule has 3 aromatic rings. The molecule has 0 aliphatic carbocycles. The van der Waals surface area contributed by atoms with Gasteiger partial charge in [-0.1, -0.05) is 31.1 Å². The minimum Gasteiger partial charge on any atom is -0.494 e. The molecule has 5 nitrogen and oxygen atoms in total. The molecule has 3 rings (SSSR count). The van der Waals surface area contributed by atoms with Crippen molar-refractivity contribution in [1.29, 1.82) is 0 Å². The second-order valence-corrected chi connectivity index (χ2v) is 6.15. The summed E-state index contributed by atoms with van der Waals surface area (Å²) in [7, 11) is 0. The number of nitrogens with zero attached hydrogens (tertiary/aromatic N) is 1. The lowest BCUT2D eigenvalue weighted by atomic mass is 10.0. The van der Waals surface area contributed by atoms with Crippen molar-refractivity contribution in [2.75, 3.05) is 6.61 Å². The summed E-state index contributed by atoms with van der Waals surface area (Å²) in [6.07, 6.45) is 0. The minimum absolute atomic E-state index is 0.127. The van der Waals surface area contributed by atoms with Crippen molar-refractivity contribution in [1.82, 2.24) is 5.16 Å². The van der Waals surface area contributed by atoms with E-state index < -0.39 is 5.97 Å². The molecule has 134 valence electrons. The van der Waals surface area contributed by atoms with Crippen molar-refractivity contribution in [3.05, 3.63) is 65.9 Å². The Bertz CT molecular complexity index is 864. The number of ether oxygens (including phenoxy) is 2. The Hall–Kier alpha value is -3.08. The van der Waals surface area contributed by atoms with Crippen molar-refractivity contribution in [3.63, 3.8) is 0 Å². The summed E-state index contributed by atoms with van der Waals surface area (Å²) in [6.45, 7) is 6.76. The zero-order valence-electron chi connectivity index (χ0n) is 15.1. The van der Waals surface area contributed by atoms with E-state index in [0.717, 1.165) is 11.3 Å². The van der Waals surface area contributed by atoms with Crippen LogP contribution in [0.1, 0.15) is 42.7 Å². The van der Waals surface area contributed by atoms with Gasteiger partial charge in [-0.15, -0.1) is 0 Å². The maximum atomic E-state index is 12.3. The molecule has 0 aliphatic heterocycles. The zero-order valence-corrected chi connectivity index (χ0v) is 15.1. The third kappa shape index (κ3) is 4.11.